The maximum absolute atomic E-state index is 10.6. The molecule has 0 spiro atoms. The number of anilines is 1. The van der Waals surface area contributed by atoms with E-state index in [1.54, 1.807) is 6.20 Å². The van der Waals surface area contributed by atoms with Crippen LogP contribution in [0, 0.1) is 29.6 Å². The molecule has 9 heteroatoms. The van der Waals surface area contributed by atoms with Gasteiger partial charge in [0.15, 0.2) is 5.96 Å². The van der Waals surface area contributed by atoms with Gasteiger partial charge in [-0.3, -0.25) is 4.99 Å². The second-order valence-electron chi connectivity index (χ2n) is 7.96. The Kier molecular flexibility index (Phi) is 6.10. The minimum atomic E-state index is -5.08. The van der Waals surface area contributed by atoms with E-state index in [4.69, 9.17) is 15.6 Å². The Morgan fingerprint density at radius 2 is 1.75 bits per heavy atom. The number of halogens is 3. The lowest BCUT2D eigenvalue weighted by molar-refractivity contribution is -0.192. The summed E-state index contributed by atoms with van der Waals surface area (Å²) in [7, 11) is 0. The SMILES string of the molecule is NC(=NCC1C2CC3CC(C2)CC1C3)Nc1ccccn1.O=C(O)C(F)(F)F. The van der Waals surface area contributed by atoms with Crippen molar-refractivity contribution < 1.29 is 23.1 Å². The summed E-state index contributed by atoms with van der Waals surface area (Å²) in [6, 6.07) is 5.75. The van der Waals surface area contributed by atoms with Crippen molar-refractivity contribution in [2.24, 2.45) is 40.3 Å². The molecule has 1 aromatic rings. The van der Waals surface area contributed by atoms with Gasteiger partial charge >= 0.3 is 12.1 Å². The molecule has 0 saturated heterocycles. The molecular weight excluding hydrogens is 373 g/mol. The Labute approximate surface area is 161 Å². The lowest BCUT2D eigenvalue weighted by Crippen LogP contribution is -2.46. The highest BCUT2D eigenvalue weighted by atomic mass is 19.4. The van der Waals surface area contributed by atoms with Crippen molar-refractivity contribution in [1.82, 2.24) is 4.98 Å². The van der Waals surface area contributed by atoms with E-state index >= 15 is 0 Å². The predicted molar refractivity (Wildman–Crippen MR) is 98.6 cm³/mol. The first-order valence-corrected chi connectivity index (χ1v) is 9.50. The zero-order valence-electron chi connectivity index (χ0n) is 15.4. The van der Waals surface area contributed by atoms with E-state index < -0.39 is 12.1 Å². The third kappa shape index (κ3) is 5.14. The van der Waals surface area contributed by atoms with E-state index in [0.29, 0.717) is 5.96 Å². The quantitative estimate of drug-likeness (QED) is 0.534. The van der Waals surface area contributed by atoms with Crippen molar-refractivity contribution in [2.75, 3.05) is 11.9 Å². The van der Waals surface area contributed by atoms with Crippen LogP contribution in [0.5, 0.6) is 0 Å². The van der Waals surface area contributed by atoms with Crippen LogP contribution in [0.3, 0.4) is 0 Å². The van der Waals surface area contributed by atoms with Crippen LogP contribution in [0.15, 0.2) is 29.4 Å². The molecule has 4 saturated carbocycles. The van der Waals surface area contributed by atoms with Gasteiger partial charge in [0.05, 0.1) is 0 Å². The van der Waals surface area contributed by atoms with E-state index in [9.17, 15) is 13.2 Å². The molecule has 4 N–H and O–H groups in total. The number of aliphatic carboxylic acids is 1. The molecule has 4 fully saturated rings. The molecule has 6 nitrogen and oxygen atoms in total. The number of nitrogens with one attached hydrogen (secondary N) is 1. The van der Waals surface area contributed by atoms with Crippen LogP contribution in [0.25, 0.3) is 0 Å². The van der Waals surface area contributed by atoms with Crippen LogP contribution >= 0.6 is 0 Å². The summed E-state index contributed by atoms with van der Waals surface area (Å²) < 4.78 is 31.7. The number of guanidine groups is 1. The molecule has 0 amide bonds. The summed E-state index contributed by atoms with van der Waals surface area (Å²) in [5, 5.41) is 10.2. The minimum Gasteiger partial charge on any atom is -0.475 e. The Hall–Kier alpha value is -2.32. The van der Waals surface area contributed by atoms with Crippen molar-refractivity contribution in [3.63, 3.8) is 0 Å². The molecule has 28 heavy (non-hydrogen) atoms. The average molecular weight is 398 g/mol. The molecule has 4 bridgehead atoms. The largest absolute Gasteiger partial charge is 0.490 e. The Bertz CT molecular complexity index is 681. The number of hydrogen-bond acceptors (Lipinski definition) is 3. The number of alkyl halides is 3. The number of rotatable bonds is 3. The topological polar surface area (TPSA) is 101 Å². The fourth-order valence-corrected chi connectivity index (χ4v) is 5.15. The molecule has 0 unspecified atom stereocenters. The van der Waals surface area contributed by atoms with E-state index in [1.807, 2.05) is 18.2 Å². The summed E-state index contributed by atoms with van der Waals surface area (Å²) in [6.07, 6.45) is 3.96. The highest BCUT2D eigenvalue weighted by Crippen LogP contribution is 2.56. The van der Waals surface area contributed by atoms with Crippen molar-refractivity contribution in [2.45, 2.75) is 38.3 Å². The van der Waals surface area contributed by atoms with Gasteiger partial charge in [-0.25, -0.2) is 9.78 Å². The fraction of sp³-hybridized carbons (Fsp3) is 0.632. The Morgan fingerprint density at radius 3 is 2.21 bits per heavy atom. The monoisotopic (exact) mass is 398 g/mol. The first-order valence-electron chi connectivity index (χ1n) is 9.50. The highest BCUT2D eigenvalue weighted by Gasteiger charge is 2.47. The number of pyridine rings is 1. The van der Waals surface area contributed by atoms with Gasteiger partial charge in [0.25, 0.3) is 0 Å². The van der Waals surface area contributed by atoms with Crippen molar-refractivity contribution in [3.05, 3.63) is 24.4 Å². The van der Waals surface area contributed by atoms with Gasteiger partial charge in [-0.1, -0.05) is 6.07 Å². The van der Waals surface area contributed by atoms with Crippen molar-refractivity contribution >= 4 is 17.7 Å². The smallest absolute Gasteiger partial charge is 0.475 e. The van der Waals surface area contributed by atoms with Gasteiger partial charge in [-0.2, -0.15) is 13.2 Å². The van der Waals surface area contributed by atoms with E-state index in [0.717, 1.165) is 42.0 Å². The van der Waals surface area contributed by atoms with Crippen LogP contribution in [-0.4, -0.2) is 34.7 Å². The first-order chi connectivity index (χ1) is 13.2. The van der Waals surface area contributed by atoms with Crippen LogP contribution in [0.4, 0.5) is 19.0 Å². The standard InChI is InChI=1S/C17H24N4.C2HF3O2/c18-17(21-16-3-1-2-4-19-16)20-10-15-13-6-11-5-12(8-13)9-14(15)7-11;3-2(4,5)1(6)7/h1-4,11-15H,5-10H2,(H3,18,19,20,21);(H,6,7). The van der Waals surface area contributed by atoms with Crippen molar-refractivity contribution in [3.8, 4) is 0 Å². The number of carbonyl (C=O) groups is 1. The maximum atomic E-state index is 10.6. The molecule has 0 atom stereocenters. The number of carboxylic acid groups (broad SMARTS) is 1. The van der Waals surface area contributed by atoms with Gasteiger partial charge < -0.3 is 16.2 Å². The zero-order chi connectivity index (χ0) is 20.3. The van der Waals surface area contributed by atoms with E-state index in [-0.39, 0.29) is 0 Å². The number of nitrogens with zero attached hydrogens (tertiary/aromatic N) is 2. The molecule has 0 aromatic carbocycles. The van der Waals surface area contributed by atoms with Gasteiger partial charge in [0, 0.05) is 12.7 Å². The van der Waals surface area contributed by atoms with Crippen LogP contribution in [0.2, 0.25) is 0 Å². The van der Waals surface area contributed by atoms with Gasteiger partial charge in [0.1, 0.15) is 5.82 Å². The fourth-order valence-electron chi connectivity index (χ4n) is 5.15. The summed E-state index contributed by atoms with van der Waals surface area (Å²) >= 11 is 0. The summed E-state index contributed by atoms with van der Waals surface area (Å²) in [5.74, 6) is 3.15. The lowest BCUT2D eigenvalue weighted by atomic mass is 9.52. The number of aromatic nitrogens is 1. The molecule has 4 aliphatic carbocycles. The Morgan fingerprint density at radius 1 is 1.18 bits per heavy atom. The molecule has 4 aliphatic rings. The lowest BCUT2D eigenvalue weighted by Gasteiger charge is -2.54. The van der Waals surface area contributed by atoms with E-state index in [1.165, 1.54) is 32.1 Å². The van der Waals surface area contributed by atoms with Crippen LogP contribution in [-0.2, 0) is 4.79 Å². The third-order valence-corrected chi connectivity index (χ3v) is 6.06. The summed E-state index contributed by atoms with van der Waals surface area (Å²) in [4.78, 5) is 17.7. The minimum absolute atomic E-state index is 0.502. The first kappa shape index (κ1) is 20.4. The summed E-state index contributed by atoms with van der Waals surface area (Å²) in [6.45, 7) is 0.889. The molecule has 1 heterocycles. The highest BCUT2D eigenvalue weighted by molar-refractivity contribution is 5.91. The van der Waals surface area contributed by atoms with Crippen LogP contribution in [0.1, 0.15) is 32.1 Å². The molecule has 1 aromatic heterocycles. The van der Waals surface area contributed by atoms with E-state index in [2.05, 4.69) is 15.3 Å². The number of carboxylic acids is 1. The van der Waals surface area contributed by atoms with Gasteiger partial charge in [0.2, 0.25) is 0 Å². The third-order valence-electron chi connectivity index (χ3n) is 6.06. The molecule has 0 aliphatic heterocycles. The molecular formula is C19H25F3N4O2. The van der Waals surface area contributed by atoms with Crippen molar-refractivity contribution in [1.29, 1.82) is 0 Å². The maximum Gasteiger partial charge on any atom is 0.490 e. The normalized spacial score (nSPS) is 31.1. The second-order valence-corrected chi connectivity index (χ2v) is 7.96. The summed E-state index contributed by atoms with van der Waals surface area (Å²) in [5.41, 5.74) is 6.01. The average Bonchev–Trinajstić information content (AvgIpc) is 2.61. The number of nitrogens with two attached hydrogens (primary N) is 1. The number of aliphatic imine (C=N–C) groups is 1. The molecule has 154 valence electrons. The van der Waals surface area contributed by atoms with Gasteiger partial charge in [-0.15, -0.1) is 0 Å². The molecule has 5 rings (SSSR count). The predicted octanol–water partition coefficient (Wildman–Crippen LogP) is 3.51. The number of hydrogen-bond donors (Lipinski definition) is 3. The molecule has 0 radical (unpaired) electrons. The van der Waals surface area contributed by atoms with Gasteiger partial charge in [-0.05, 0) is 73.8 Å². The Balaban J connectivity index is 0.000000279. The zero-order valence-corrected chi connectivity index (χ0v) is 15.4. The van der Waals surface area contributed by atoms with Crippen LogP contribution < -0.4 is 11.1 Å². The second kappa shape index (κ2) is 8.36.